The summed E-state index contributed by atoms with van der Waals surface area (Å²) in [7, 11) is -3.55. The van der Waals surface area contributed by atoms with Gasteiger partial charge in [0.25, 0.3) is 0 Å². The minimum absolute atomic E-state index is 0.0479. The number of sulfone groups is 1. The van der Waals surface area contributed by atoms with E-state index in [1.54, 1.807) is 10.8 Å². The standard InChI is InChI=1S/C24H28N2O3S/c1-19-10-4-5-11-20(19)18-30(28,29)23-16-26(22-13-7-6-12-21(22)23)17-24(27)25-14-8-2-3-9-15-25/h4-7,10-13,16H,2-3,8-9,14-15,17-18H2,1H3. The molecular weight excluding hydrogens is 396 g/mol. The van der Waals surface area contributed by atoms with Crippen LogP contribution in [0.2, 0.25) is 0 Å². The summed E-state index contributed by atoms with van der Waals surface area (Å²) in [6, 6.07) is 15.0. The van der Waals surface area contributed by atoms with Crippen LogP contribution in [0.5, 0.6) is 0 Å². The first-order valence-corrected chi connectivity index (χ1v) is 12.2. The van der Waals surface area contributed by atoms with Gasteiger partial charge in [0.05, 0.1) is 10.6 Å². The van der Waals surface area contributed by atoms with E-state index in [0.717, 1.165) is 55.4 Å². The first-order chi connectivity index (χ1) is 14.5. The Balaban J connectivity index is 1.67. The minimum Gasteiger partial charge on any atom is -0.341 e. The summed E-state index contributed by atoms with van der Waals surface area (Å²) in [6.45, 7) is 3.67. The van der Waals surface area contributed by atoms with Crippen molar-refractivity contribution < 1.29 is 13.2 Å². The normalized spacial score (nSPS) is 15.3. The van der Waals surface area contributed by atoms with Crippen molar-refractivity contribution in [3.05, 3.63) is 65.9 Å². The van der Waals surface area contributed by atoms with Crippen molar-refractivity contribution in [3.63, 3.8) is 0 Å². The predicted octanol–water partition coefficient (Wildman–Crippen LogP) is 4.33. The van der Waals surface area contributed by atoms with Crippen LogP contribution >= 0.6 is 0 Å². The van der Waals surface area contributed by atoms with Gasteiger partial charge in [-0.3, -0.25) is 4.79 Å². The van der Waals surface area contributed by atoms with Crippen LogP contribution < -0.4 is 0 Å². The molecular formula is C24H28N2O3S. The fraction of sp³-hybridized carbons (Fsp3) is 0.375. The van der Waals surface area contributed by atoms with Gasteiger partial charge in [0.15, 0.2) is 9.84 Å². The highest BCUT2D eigenvalue weighted by Crippen LogP contribution is 2.29. The molecule has 3 aromatic rings. The van der Waals surface area contributed by atoms with Crippen LogP contribution in [-0.4, -0.2) is 36.9 Å². The molecule has 0 saturated carbocycles. The molecule has 2 aromatic carbocycles. The lowest BCUT2D eigenvalue weighted by atomic mass is 10.1. The number of para-hydroxylation sites is 1. The number of likely N-dealkylation sites (tertiary alicyclic amines) is 1. The number of aryl methyl sites for hydroxylation is 1. The van der Waals surface area contributed by atoms with Crippen molar-refractivity contribution in [1.82, 2.24) is 9.47 Å². The second kappa shape index (κ2) is 8.64. The zero-order valence-corrected chi connectivity index (χ0v) is 18.2. The van der Waals surface area contributed by atoms with Crippen LogP contribution in [0.25, 0.3) is 10.9 Å². The van der Waals surface area contributed by atoms with Gasteiger partial charge in [-0.1, -0.05) is 55.3 Å². The van der Waals surface area contributed by atoms with Crippen molar-refractivity contribution in [3.8, 4) is 0 Å². The Labute approximate surface area is 178 Å². The molecule has 158 valence electrons. The van der Waals surface area contributed by atoms with Crippen molar-refractivity contribution >= 4 is 26.6 Å². The number of rotatable bonds is 5. The van der Waals surface area contributed by atoms with E-state index in [4.69, 9.17) is 0 Å². The largest absolute Gasteiger partial charge is 0.341 e. The fourth-order valence-electron chi connectivity index (χ4n) is 4.21. The number of carbonyl (C=O) groups is 1. The lowest BCUT2D eigenvalue weighted by Gasteiger charge is -2.20. The molecule has 1 fully saturated rings. The number of benzene rings is 2. The smallest absolute Gasteiger partial charge is 0.242 e. The molecule has 0 aliphatic carbocycles. The SMILES string of the molecule is Cc1ccccc1CS(=O)(=O)c1cn(CC(=O)N2CCCCCC2)c2ccccc12. The summed E-state index contributed by atoms with van der Waals surface area (Å²) in [5.74, 6) is 0.00816. The van der Waals surface area contributed by atoms with Crippen LogP contribution in [0.4, 0.5) is 0 Å². The van der Waals surface area contributed by atoms with Crippen LogP contribution in [-0.2, 0) is 26.9 Å². The molecule has 6 heteroatoms. The van der Waals surface area contributed by atoms with Crippen LogP contribution in [0.15, 0.2) is 59.6 Å². The Hall–Kier alpha value is -2.60. The molecule has 4 rings (SSSR count). The van der Waals surface area contributed by atoms with Gasteiger partial charge in [0.2, 0.25) is 5.91 Å². The molecule has 1 aliphatic rings. The van der Waals surface area contributed by atoms with Gasteiger partial charge in [-0.05, 0) is 37.0 Å². The Bertz CT molecular complexity index is 1160. The Kier molecular flexibility index (Phi) is 5.95. The summed E-state index contributed by atoms with van der Waals surface area (Å²) in [5, 5.41) is 0.676. The molecule has 5 nitrogen and oxygen atoms in total. The monoisotopic (exact) mass is 424 g/mol. The quantitative estimate of drug-likeness (QED) is 0.613. The van der Waals surface area contributed by atoms with Crippen LogP contribution in [0.3, 0.4) is 0 Å². The number of aromatic nitrogens is 1. The maximum Gasteiger partial charge on any atom is 0.242 e. The molecule has 2 heterocycles. The predicted molar refractivity (Wildman–Crippen MR) is 119 cm³/mol. The maximum atomic E-state index is 13.3. The number of amides is 1. The third kappa shape index (κ3) is 4.29. The summed E-state index contributed by atoms with van der Waals surface area (Å²) in [4.78, 5) is 15.1. The number of carbonyl (C=O) groups excluding carboxylic acids is 1. The average Bonchev–Trinajstić information content (AvgIpc) is 2.90. The van der Waals surface area contributed by atoms with E-state index in [1.165, 1.54) is 0 Å². The van der Waals surface area contributed by atoms with Gasteiger partial charge >= 0.3 is 0 Å². The lowest BCUT2D eigenvalue weighted by Crippen LogP contribution is -2.34. The second-order valence-electron chi connectivity index (χ2n) is 8.12. The lowest BCUT2D eigenvalue weighted by molar-refractivity contribution is -0.131. The van der Waals surface area contributed by atoms with E-state index < -0.39 is 9.84 Å². The summed E-state index contributed by atoms with van der Waals surface area (Å²) in [5.41, 5.74) is 2.54. The Morgan fingerprint density at radius 3 is 2.33 bits per heavy atom. The molecule has 1 aromatic heterocycles. The fourth-order valence-corrected chi connectivity index (χ4v) is 5.90. The van der Waals surface area contributed by atoms with E-state index in [2.05, 4.69) is 0 Å². The molecule has 30 heavy (non-hydrogen) atoms. The summed E-state index contributed by atoms with van der Waals surface area (Å²) < 4.78 is 28.4. The molecule has 0 spiro atoms. The van der Waals surface area contributed by atoms with Crippen molar-refractivity contribution in [1.29, 1.82) is 0 Å². The van der Waals surface area contributed by atoms with Gasteiger partial charge in [-0.15, -0.1) is 0 Å². The molecule has 0 bridgehead atoms. The minimum atomic E-state index is -3.55. The Morgan fingerprint density at radius 1 is 0.933 bits per heavy atom. The maximum absolute atomic E-state index is 13.3. The topological polar surface area (TPSA) is 59.4 Å². The van der Waals surface area contributed by atoms with Gasteiger partial charge in [-0.2, -0.15) is 0 Å². The number of hydrogen-bond acceptors (Lipinski definition) is 3. The molecule has 0 N–H and O–H groups in total. The van der Waals surface area contributed by atoms with Gasteiger partial charge in [-0.25, -0.2) is 8.42 Å². The van der Waals surface area contributed by atoms with Crippen LogP contribution in [0, 0.1) is 6.92 Å². The number of hydrogen-bond donors (Lipinski definition) is 0. The van der Waals surface area contributed by atoms with Gasteiger partial charge in [0, 0.05) is 30.2 Å². The highest BCUT2D eigenvalue weighted by molar-refractivity contribution is 7.90. The average molecular weight is 425 g/mol. The first-order valence-electron chi connectivity index (χ1n) is 10.6. The third-order valence-electron chi connectivity index (χ3n) is 5.96. The van der Waals surface area contributed by atoms with E-state index in [1.807, 2.05) is 60.4 Å². The van der Waals surface area contributed by atoms with Crippen LogP contribution in [0.1, 0.15) is 36.8 Å². The summed E-state index contributed by atoms with van der Waals surface area (Å²) in [6.07, 6.45) is 6.05. The van der Waals surface area contributed by atoms with E-state index in [0.29, 0.717) is 10.3 Å². The zero-order valence-electron chi connectivity index (χ0n) is 17.4. The van der Waals surface area contributed by atoms with Crippen molar-refractivity contribution in [2.24, 2.45) is 0 Å². The Morgan fingerprint density at radius 2 is 1.60 bits per heavy atom. The number of nitrogens with zero attached hydrogens (tertiary/aromatic N) is 2. The highest BCUT2D eigenvalue weighted by Gasteiger charge is 2.24. The molecule has 0 atom stereocenters. The van der Waals surface area contributed by atoms with E-state index in [-0.39, 0.29) is 18.2 Å². The van der Waals surface area contributed by atoms with Gasteiger partial charge in [0.1, 0.15) is 6.54 Å². The third-order valence-corrected chi connectivity index (χ3v) is 7.64. The highest BCUT2D eigenvalue weighted by atomic mass is 32.2. The van der Waals surface area contributed by atoms with Crippen molar-refractivity contribution in [2.45, 2.75) is 49.8 Å². The molecule has 0 radical (unpaired) electrons. The molecule has 0 unspecified atom stereocenters. The van der Waals surface area contributed by atoms with E-state index in [9.17, 15) is 13.2 Å². The first kappa shape index (κ1) is 20.7. The zero-order chi connectivity index (χ0) is 21.1. The summed E-state index contributed by atoms with van der Waals surface area (Å²) >= 11 is 0. The second-order valence-corrected chi connectivity index (χ2v) is 10.1. The molecule has 1 amide bonds. The number of fused-ring (bicyclic) bond motifs is 1. The molecule has 1 aliphatic heterocycles. The van der Waals surface area contributed by atoms with Crippen molar-refractivity contribution in [2.75, 3.05) is 13.1 Å². The van der Waals surface area contributed by atoms with Gasteiger partial charge < -0.3 is 9.47 Å². The molecule has 1 saturated heterocycles. The van der Waals surface area contributed by atoms with E-state index >= 15 is 0 Å².